The maximum Gasteiger partial charge on any atom is 0.251 e. The fourth-order valence-corrected chi connectivity index (χ4v) is 4.69. The predicted molar refractivity (Wildman–Crippen MR) is 138 cm³/mol. The molecule has 1 fully saturated rings. The highest BCUT2D eigenvalue weighted by molar-refractivity contribution is 5.94. The highest BCUT2D eigenvalue weighted by atomic mass is 19.1. The lowest BCUT2D eigenvalue weighted by molar-refractivity contribution is -0.122. The van der Waals surface area contributed by atoms with Crippen LogP contribution >= 0.6 is 0 Å². The smallest absolute Gasteiger partial charge is 0.251 e. The Morgan fingerprint density at radius 1 is 1.12 bits per heavy atom. The normalized spacial score (nSPS) is 13.4. The number of primary amides is 1. The Labute approximate surface area is 227 Å². The zero-order chi connectivity index (χ0) is 28.4. The molecule has 2 amide bonds. The molecule has 202 valence electrons. The molecule has 1 aliphatic rings. The second-order valence-corrected chi connectivity index (χ2v) is 9.61. The van der Waals surface area contributed by atoms with E-state index in [1.807, 2.05) is 0 Å². The maximum absolute atomic E-state index is 14.2. The summed E-state index contributed by atoms with van der Waals surface area (Å²) >= 11 is 0. The monoisotopic (exact) mass is 544 g/mol. The van der Waals surface area contributed by atoms with Crippen LogP contribution in [0.4, 0.5) is 13.2 Å². The second kappa shape index (κ2) is 11.0. The number of nitrogens with zero attached hydrogens (tertiary/aromatic N) is 4. The number of hydrogen-bond donors (Lipinski definition) is 2. The van der Waals surface area contributed by atoms with E-state index in [9.17, 15) is 28.0 Å². The molecule has 0 unspecified atom stereocenters. The van der Waals surface area contributed by atoms with Gasteiger partial charge >= 0.3 is 0 Å². The molecule has 8 nitrogen and oxygen atoms in total. The first-order valence-corrected chi connectivity index (χ1v) is 12.5. The fourth-order valence-electron chi connectivity index (χ4n) is 4.69. The van der Waals surface area contributed by atoms with Crippen LogP contribution in [-0.2, 0) is 17.8 Å². The van der Waals surface area contributed by atoms with Crippen LogP contribution in [0.5, 0.6) is 0 Å². The van der Waals surface area contributed by atoms with Crippen LogP contribution in [0.25, 0.3) is 11.1 Å². The Morgan fingerprint density at radius 3 is 2.55 bits per heavy atom. The zero-order valence-electron chi connectivity index (χ0n) is 21.1. The topological polar surface area (TPSA) is 127 Å². The third-order valence-corrected chi connectivity index (χ3v) is 6.63. The van der Waals surface area contributed by atoms with Gasteiger partial charge in [0.25, 0.3) is 5.91 Å². The van der Waals surface area contributed by atoms with Crippen molar-refractivity contribution in [2.75, 3.05) is 0 Å². The number of rotatable bonds is 9. The van der Waals surface area contributed by atoms with Crippen molar-refractivity contribution in [1.29, 1.82) is 5.26 Å². The van der Waals surface area contributed by atoms with Crippen LogP contribution < -0.4 is 11.1 Å². The maximum atomic E-state index is 14.2. The second-order valence-electron chi connectivity index (χ2n) is 9.61. The van der Waals surface area contributed by atoms with Gasteiger partial charge in [-0.05, 0) is 66.6 Å². The Balaban J connectivity index is 1.50. The van der Waals surface area contributed by atoms with E-state index in [1.54, 1.807) is 18.3 Å². The minimum Gasteiger partial charge on any atom is -0.366 e. The van der Waals surface area contributed by atoms with Crippen LogP contribution in [-0.4, -0.2) is 26.6 Å². The van der Waals surface area contributed by atoms with Crippen molar-refractivity contribution in [3.8, 4) is 17.2 Å². The molecule has 5 rings (SSSR count). The number of carbonyl (C=O) groups excluding carboxylic acids is 2. The van der Waals surface area contributed by atoms with Crippen molar-refractivity contribution in [3.05, 3.63) is 106 Å². The number of nitriles is 1. The molecule has 2 aromatic carbocycles. The van der Waals surface area contributed by atoms with Crippen LogP contribution in [0.1, 0.15) is 57.7 Å². The van der Waals surface area contributed by atoms with Gasteiger partial charge < -0.3 is 11.1 Å². The third-order valence-electron chi connectivity index (χ3n) is 6.63. The molecule has 1 atom stereocenters. The summed E-state index contributed by atoms with van der Waals surface area (Å²) in [6.07, 6.45) is 5.05. The molecule has 2 aromatic heterocycles. The van der Waals surface area contributed by atoms with Crippen molar-refractivity contribution < 1.29 is 22.8 Å². The van der Waals surface area contributed by atoms with Gasteiger partial charge in [-0.2, -0.15) is 10.4 Å². The van der Waals surface area contributed by atoms with Crippen LogP contribution in [0, 0.1) is 28.8 Å². The number of hydrogen-bond acceptors (Lipinski definition) is 5. The summed E-state index contributed by atoms with van der Waals surface area (Å²) in [5, 5.41) is 16.5. The summed E-state index contributed by atoms with van der Waals surface area (Å²) in [6.45, 7) is -0.208. The van der Waals surface area contributed by atoms with E-state index in [0.29, 0.717) is 16.8 Å². The minimum absolute atomic E-state index is 0.0375. The van der Waals surface area contributed by atoms with E-state index in [1.165, 1.54) is 23.0 Å². The Kier molecular flexibility index (Phi) is 7.33. The van der Waals surface area contributed by atoms with E-state index in [-0.39, 0.29) is 35.7 Å². The summed E-state index contributed by atoms with van der Waals surface area (Å²) in [6, 6.07) is 11.3. The molecular weight excluding hydrogens is 521 g/mol. The van der Waals surface area contributed by atoms with Crippen LogP contribution in [0.2, 0.25) is 0 Å². The summed E-state index contributed by atoms with van der Waals surface area (Å²) in [5.41, 5.74) is 7.52. The Morgan fingerprint density at radius 2 is 1.88 bits per heavy atom. The van der Waals surface area contributed by atoms with Crippen molar-refractivity contribution in [3.63, 3.8) is 0 Å². The predicted octanol–water partition coefficient (Wildman–Crippen LogP) is 4.31. The van der Waals surface area contributed by atoms with Gasteiger partial charge in [0.1, 0.15) is 30.1 Å². The number of carbonyl (C=O) groups is 2. The average Bonchev–Trinajstić information content (AvgIpc) is 3.68. The van der Waals surface area contributed by atoms with Gasteiger partial charge in [-0.3, -0.25) is 19.3 Å². The van der Waals surface area contributed by atoms with Crippen molar-refractivity contribution in [2.24, 2.45) is 5.73 Å². The van der Waals surface area contributed by atoms with Crippen LogP contribution in [0.15, 0.2) is 60.9 Å². The molecule has 1 saturated carbocycles. The highest BCUT2D eigenvalue weighted by Gasteiger charge is 2.29. The molecule has 4 aromatic rings. The van der Waals surface area contributed by atoms with Gasteiger partial charge in [-0.15, -0.1) is 0 Å². The minimum atomic E-state index is -0.952. The average molecular weight is 545 g/mol. The summed E-state index contributed by atoms with van der Waals surface area (Å²) < 4.78 is 43.6. The van der Waals surface area contributed by atoms with Crippen molar-refractivity contribution in [1.82, 2.24) is 20.1 Å². The van der Waals surface area contributed by atoms with E-state index in [4.69, 9.17) is 5.73 Å². The molecule has 0 saturated heterocycles. The number of benzene rings is 2. The van der Waals surface area contributed by atoms with Crippen molar-refractivity contribution >= 4 is 11.8 Å². The first-order chi connectivity index (χ1) is 19.2. The zero-order valence-corrected chi connectivity index (χ0v) is 21.1. The number of nitrogens with two attached hydrogens (primary N) is 1. The van der Waals surface area contributed by atoms with Gasteiger partial charge in [-0.25, -0.2) is 13.2 Å². The third kappa shape index (κ3) is 5.86. The first-order valence-electron chi connectivity index (χ1n) is 12.5. The van der Waals surface area contributed by atoms with E-state index >= 15 is 0 Å². The quantitative estimate of drug-likeness (QED) is 0.325. The Hall–Kier alpha value is -4.98. The van der Waals surface area contributed by atoms with E-state index < -0.39 is 35.3 Å². The lowest BCUT2D eigenvalue weighted by Gasteiger charge is -2.22. The van der Waals surface area contributed by atoms with Gasteiger partial charge in [0, 0.05) is 29.6 Å². The molecule has 1 aliphatic carbocycles. The molecule has 3 N–H and O–H groups in total. The fraction of sp³-hybridized carbons (Fsp3) is 0.207. The summed E-state index contributed by atoms with van der Waals surface area (Å²) in [7, 11) is 0. The van der Waals surface area contributed by atoms with Crippen LogP contribution in [0.3, 0.4) is 0 Å². The summed E-state index contributed by atoms with van der Waals surface area (Å²) in [4.78, 5) is 29.4. The molecule has 0 radical (unpaired) electrons. The number of halogens is 3. The molecule has 0 bridgehead atoms. The number of nitrogens with one attached hydrogen (secondary N) is 1. The summed E-state index contributed by atoms with van der Waals surface area (Å²) in [5.74, 6) is -3.52. The van der Waals surface area contributed by atoms with Gasteiger partial charge in [0.05, 0.1) is 17.3 Å². The van der Waals surface area contributed by atoms with E-state index in [2.05, 4.69) is 21.5 Å². The number of amides is 2. The van der Waals surface area contributed by atoms with Gasteiger partial charge in [0.15, 0.2) is 5.69 Å². The molecule has 0 spiro atoms. The SMILES string of the molecule is N#Cc1nn(CC(=O)N[C@@H](Cc2cc(F)cc(F)c2)c2ncccc2-c2ccc(F)c(C(N)=O)c2)cc1C1CC1. The molecular formula is C29H23F3N6O2. The number of aromatic nitrogens is 3. The van der Waals surface area contributed by atoms with Gasteiger partial charge in [-0.1, -0.05) is 12.1 Å². The first kappa shape index (κ1) is 26.6. The van der Waals surface area contributed by atoms with Crippen molar-refractivity contribution in [2.45, 2.75) is 37.8 Å². The van der Waals surface area contributed by atoms with E-state index in [0.717, 1.165) is 42.7 Å². The van der Waals surface area contributed by atoms with Gasteiger partial charge in [0.2, 0.25) is 5.91 Å². The standard InChI is InChI=1S/C29H23F3N6O2/c30-19-8-16(9-20(31)12-19)10-25(36-27(39)15-38-14-23(17-3-4-17)26(13-33)37-38)28-21(2-1-7-35-28)18-5-6-24(32)22(11-18)29(34)40/h1-2,5-9,11-12,14,17,25H,3-4,10,15H2,(H2,34,40)(H,36,39)/t25-/m0/s1. The Bertz CT molecular complexity index is 1640. The molecule has 0 aliphatic heterocycles. The molecule has 2 heterocycles. The molecule has 11 heteroatoms. The lowest BCUT2D eigenvalue weighted by Crippen LogP contribution is -2.33. The highest BCUT2D eigenvalue weighted by Crippen LogP contribution is 2.41. The lowest BCUT2D eigenvalue weighted by atomic mass is 9.94. The largest absolute Gasteiger partial charge is 0.366 e. The number of pyridine rings is 1. The molecule has 40 heavy (non-hydrogen) atoms.